The molecule has 1 heterocycles. The van der Waals surface area contributed by atoms with Gasteiger partial charge in [0.1, 0.15) is 11.3 Å². The molecule has 0 aliphatic carbocycles. The molecule has 4 heteroatoms. The number of aromatic hydroxyl groups is 1. The molecule has 4 aromatic rings. The quantitative estimate of drug-likeness (QED) is 0.451. The summed E-state index contributed by atoms with van der Waals surface area (Å²) in [6, 6.07) is 21.0. The zero-order valence-corrected chi connectivity index (χ0v) is 15.3. The lowest BCUT2D eigenvalue weighted by molar-refractivity contribution is 0.474. The second kappa shape index (κ2) is 7.08. The maximum atomic E-state index is 9.82. The number of nitrogens with zero attached hydrogens (tertiary/aromatic N) is 2. The summed E-state index contributed by atoms with van der Waals surface area (Å²) >= 11 is 0. The summed E-state index contributed by atoms with van der Waals surface area (Å²) in [5.74, 6) is 1.29. The molecule has 134 valence electrons. The van der Waals surface area contributed by atoms with E-state index in [0.717, 1.165) is 16.8 Å². The van der Waals surface area contributed by atoms with Crippen LogP contribution < -0.4 is 0 Å². The lowest BCUT2D eigenvalue weighted by Crippen LogP contribution is -1.86. The topological polar surface area (TPSA) is 58.6 Å². The number of benzene rings is 3. The minimum atomic E-state index is 0.203. The Morgan fingerprint density at radius 2 is 1.78 bits per heavy atom. The van der Waals surface area contributed by atoms with Gasteiger partial charge in [-0.2, -0.15) is 0 Å². The van der Waals surface area contributed by atoms with Gasteiger partial charge in [-0.15, -0.1) is 0 Å². The molecule has 0 bridgehead atoms. The largest absolute Gasteiger partial charge is 0.507 e. The minimum Gasteiger partial charge on any atom is -0.507 e. The smallest absolute Gasteiger partial charge is 0.227 e. The highest BCUT2D eigenvalue weighted by Crippen LogP contribution is 2.28. The molecule has 0 saturated carbocycles. The van der Waals surface area contributed by atoms with Crippen molar-refractivity contribution in [2.45, 2.75) is 19.8 Å². The Labute approximate surface area is 157 Å². The molecule has 1 aromatic heterocycles. The summed E-state index contributed by atoms with van der Waals surface area (Å²) < 4.78 is 5.94. The van der Waals surface area contributed by atoms with Crippen molar-refractivity contribution in [1.29, 1.82) is 0 Å². The molecule has 0 saturated heterocycles. The van der Waals surface area contributed by atoms with Crippen molar-refractivity contribution < 1.29 is 9.52 Å². The standard InChI is InChI=1S/C23H20N2O2/c1-15(2)16-7-9-17(10-8-16)23-25-20-12-11-19(13-22(20)27-23)24-14-18-5-3-4-6-21(18)26/h3-15,26H,1-2H3. The second-order valence-electron chi connectivity index (χ2n) is 6.76. The Kier molecular flexibility index (Phi) is 4.47. The van der Waals surface area contributed by atoms with Crippen LogP contribution in [0.2, 0.25) is 0 Å². The van der Waals surface area contributed by atoms with Gasteiger partial charge in [0.25, 0.3) is 0 Å². The van der Waals surface area contributed by atoms with Crippen molar-refractivity contribution in [2.24, 2.45) is 4.99 Å². The van der Waals surface area contributed by atoms with Crippen molar-refractivity contribution in [3.05, 3.63) is 77.9 Å². The first kappa shape index (κ1) is 17.0. The third-order valence-electron chi connectivity index (χ3n) is 4.49. The van der Waals surface area contributed by atoms with Crippen LogP contribution in [0.1, 0.15) is 30.9 Å². The molecule has 0 aliphatic heterocycles. The van der Waals surface area contributed by atoms with Crippen LogP contribution in [0.4, 0.5) is 5.69 Å². The van der Waals surface area contributed by atoms with Crippen molar-refractivity contribution in [3.8, 4) is 17.2 Å². The molecule has 0 atom stereocenters. The molecule has 3 aromatic carbocycles. The SMILES string of the molecule is CC(C)c1ccc(-c2nc3ccc(N=Cc4ccccc4O)cc3o2)cc1. The number of hydrogen-bond donors (Lipinski definition) is 1. The summed E-state index contributed by atoms with van der Waals surface area (Å²) in [5, 5.41) is 9.82. The number of phenolic OH excluding ortho intramolecular Hbond substituents is 1. The predicted octanol–water partition coefficient (Wildman–Crippen LogP) is 6.07. The van der Waals surface area contributed by atoms with E-state index in [1.807, 2.05) is 42.5 Å². The Hall–Kier alpha value is -3.40. The van der Waals surface area contributed by atoms with E-state index >= 15 is 0 Å². The van der Waals surface area contributed by atoms with Gasteiger partial charge < -0.3 is 9.52 Å². The van der Waals surface area contributed by atoms with E-state index in [4.69, 9.17) is 4.42 Å². The van der Waals surface area contributed by atoms with Gasteiger partial charge in [0.05, 0.1) is 5.69 Å². The van der Waals surface area contributed by atoms with Crippen LogP contribution in [0.15, 0.2) is 76.1 Å². The average molecular weight is 356 g/mol. The molecule has 4 nitrogen and oxygen atoms in total. The van der Waals surface area contributed by atoms with Gasteiger partial charge in [-0.1, -0.05) is 38.1 Å². The van der Waals surface area contributed by atoms with E-state index in [1.54, 1.807) is 18.3 Å². The molecule has 0 amide bonds. The average Bonchev–Trinajstić information content (AvgIpc) is 3.11. The molecule has 0 unspecified atom stereocenters. The fraction of sp³-hybridized carbons (Fsp3) is 0.130. The van der Waals surface area contributed by atoms with Crippen molar-refractivity contribution in [3.63, 3.8) is 0 Å². The summed E-state index contributed by atoms with van der Waals surface area (Å²) in [4.78, 5) is 9.00. The summed E-state index contributed by atoms with van der Waals surface area (Å²) in [7, 11) is 0. The predicted molar refractivity (Wildman–Crippen MR) is 109 cm³/mol. The Balaban J connectivity index is 1.63. The number of fused-ring (bicyclic) bond motifs is 1. The van der Waals surface area contributed by atoms with E-state index in [2.05, 4.69) is 36.0 Å². The van der Waals surface area contributed by atoms with Crippen LogP contribution in [0.3, 0.4) is 0 Å². The zero-order valence-electron chi connectivity index (χ0n) is 15.3. The van der Waals surface area contributed by atoms with Gasteiger partial charge in [-0.25, -0.2) is 4.98 Å². The first-order chi connectivity index (χ1) is 13.1. The highest BCUT2D eigenvalue weighted by atomic mass is 16.3. The number of phenols is 1. The van der Waals surface area contributed by atoms with E-state index in [9.17, 15) is 5.11 Å². The van der Waals surface area contributed by atoms with E-state index in [0.29, 0.717) is 23.0 Å². The summed E-state index contributed by atoms with van der Waals surface area (Å²) in [6.07, 6.45) is 1.64. The van der Waals surface area contributed by atoms with Gasteiger partial charge >= 0.3 is 0 Å². The number of hydrogen-bond acceptors (Lipinski definition) is 4. The highest BCUT2D eigenvalue weighted by Gasteiger charge is 2.09. The maximum Gasteiger partial charge on any atom is 0.227 e. The Bertz CT molecular complexity index is 1110. The van der Waals surface area contributed by atoms with E-state index < -0.39 is 0 Å². The lowest BCUT2D eigenvalue weighted by Gasteiger charge is -2.04. The van der Waals surface area contributed by atoms with E-state index in [-0.39, 0.29) is 5.75 Å². The molecule has 1 N–H and O–H groups in total. The molecule has 0 aliphatic rings. The van der Waals surface area contributed by atoms with Crippen molar-refractivity contribution in [1.82, 2.24) is 4.98 Å². The lowest BCUT2D eigenvalue weighted by atomic mass is 10.0. The molecule has 0 fully saturated rings. The first-order valence-corrected chi connectivity index (χ1v) is 8.93. The van der Waals surface area contributed by atoms with Crippen LogP contribution in [0.5, 0.6) is 5.75 Å². The molecule has 4 rings (SSSR count). The summed E-state index contributed by atoms with van der Waals surface area (Å²) in [5.41, 5.74) is 5.12. The Morgan fingerprint density at radius 1 is 1.00 bits per heavy atom. The van der Waals surface area contributed by atoms with Crippen LogP contribution in [0.25, 0.3) is 22.6 Å². The summed E-state index contributed by atoms with van der Waals surface area (Å²) in [6.45, 7) is 4.34. The van der Waals surface area contributed by atoms with Crippen LogP contribution >= 0.6 is 0 Å². The third-order valence-corrected chi connectivity index (χ3v) is 4.49. The van der Waals surface area contributed by atoms with Gasteiger partial charge in [-0.3, -0.25) is 4.99 Å². The Morgan fingerprint density at radius 3 is 2.52 bits per heavy atom. The van der Waals surface area contributed by atoms with Crippen LogP contribution in [0, 0.1) is 0 Å². The van der Waals surface area contributed by atoms with Crippen LogP contribution in [-0.2, 0) is 0 Å². The first-order valence-electron chi connectivity index (χ1n) is 8.93. The van der Waals surface area contributed by atoms with Crippen LogP contribution in [-0.4, -0.2) is 16.3 Å². The number of para-hydroxylation sites is 1. The number of aromatic nitrogens is 1. The molecule has 0 spiro atoms. The molecule has 0 radical (unpaired) electrons. The van der Waals surface area contributed by atoms with Gasteiger partial charge in [0.15, 0.2) is 5.58 Å². The van der Waals surface area contributed by atoms with E-state index in [1.165, 1.54) is 5.56 Å². The van der Waals surface area contributed by atoms with Crippen molar-refractivity contribution >= 4 is 23.0 Å². The monoisotopic (exact) mass is 356 g/mol. The normalized spacial score (nSPS) is 11.7. The van der Waals surface area contributed by atoms with Crippen molar-refractivity contribution in [2.75, 3.05) is 0 Å². The number of oxazole rings is 1. The molecule has 27 heavy (non-hydrogen) atoms. The molecular formula is C23H20N2O2. The molecular weight excluding hydrogens is 336 g/mol. The maximum absolute atomic E-state index is 9.82. The van der Waals surface area contributed by atoms with Gasteiger partial charge in [0.2, 0.25) is 5.89 Å². The number of aliphatic imine (C=N–C) groups is 1. The van der Waals surface area contributed by atoms with Gasteiger partial charge in [-0.05, 0) is 47.9 Å². The fourth-order valence-electron chi connectivity index (χ4n) is 2.87. The fourth-order valence-corrected chi connectivity index (χ4v) is 2.87. The third kappa shape index (κ3) is 3.60. The highest BCUT2D eigenvalue weighted by molar-refractivity contribution is 5.86. The second-order valence-corrected chi connectivity index (χ2v) is 6.76. The zero-order chi connectivity index (χ0) is 18.8. The minimum absolute atomic E-state index is 0.203. The number of rotatable bonds is 4. The van der Waals surface area contributed by atoms with Gasteiger partial charge in [0, 0.05) is 23.4 Å².